The molecule has 0 unspecified atom stereocenters. The molecule has 22 heavy (non-hydrogen) atoms. The molecule has 1 aromatic rings. The van der Waals surface area contributed by atoms with Gasteiger partial charge in [0, 0.05) is 25.1 Å². The van der Waals surface area contributed by atoms with Crippen LogP contribution in [0.3, 0.4) is 0 Å². The second kappa shape index (κ2) is 5.36. The number of amides is 1. The van der Waals surface area contributed by atoms with Gasteiger partial charge in [0.15, 0.2) is 11.5 Å². The predicted molar refractivity (Wildman–Crippen MR) is 77.4 cm³/mol. The molecule has 0 saturated carbocycles. The van der Waals surface area contributed by atoms with Gasteiger partial charge in [0.05, 0.1) is 12.7 Å². The third kappa shape index (κ3) is 2.20. The van der Waals surface area contributed by atoms with Gasteiger partial charge < -0.3 is 19.1 Å². The first-order valence-corrected chi connectivity index (χ1v) is 6.98. The van der Waals surface area contributed by atoms with Crippen LogP contribution in [0.5, 0.6) is 11.5 Å². The lowest BCUT2D eigenvalue weighted by Crippen LogP contribution is -2.35. The SMILES string of the molecule is COC(=O)C1=C(C)N(C)C(=O)C[C@@H]1c1ccc2c(c1)OCO2. The van der Waals surface area contributed by atoms with Crippen molar-refractivity contribution in [2.24, 2.45) is 0 Å². The van der Waals surface area contributed by atoms with E-state index in [0.29, 0.717) is 22.8 Å². The van der Waals surface area contributed by atoms with Crippen molar-refractivity contribution >= 4 is 11.9 Å². The minimum Gasteiger partial charge on any atom is -0.466 e. The van der Waals surface area contributed by atoms with E-state index in [-0.39, 0.29) is 25.0 Å². The Morgan fingerprint density at radius 3 is 2.77 bits per heavy atom. The summed E-state index contributed by atoms with van der Waals surface area (Å²) in [5, 5.41) is 0. The van der Waals surface area contributed by atoms with Crippen LogP contribution >= 0.6 is 0 Å². The number of hydrogen-bond donors (Lipinski definition) is 0. The molecule has 6 nitrogen and oxygen atoms in total. The number of nitrogens with zero attached hydrogens (tertiary/aromatic N) is 1. The Labute approximate surface area is 128 Å². The summed E-state index contributed by atoms with van der Waals surface area (Å²) in [5.41, 5.74) is 1.96. The smallest absolute Gasteiger partial charge is 0.336 e. The van der Waals surface area contributed by atoms with Gasteiger partial charge in [-0.1, -0.05) is 6.07 Å². The number of carbonyl (C=O) groups is 2. The van der Waals surface area contributed by atoms with Crippen molar-refractivity contribution in [1.29, 1.82) is 0 Å². The minimum atomic E-state index is -0.417. The summed E-state index contributed by atoms with van der Waals surface area (Å²) >= 11 is 0. The Bertz CT molecular complexity index is 679. The van der Waals surface area contributed by atoms with E-state index in [1.54, 1.807) is 20.0 Å². The molecule has 1 aromatic carbocycles. The first-order chi connectivity index (χ1) is 10.5. The van der Waals surface area contributed by atoms with Gasteiger partial charge in [-0.3, -0.25) is 4.79 Å². The molecule has 0 spiro atoms. The van der Waals surface area contributed by atoms with E-state index >= 15 is 0 Å². The zero-order valence-electron chi connectivity index (χ0n) is 12.7. The largest absolute Gasteiger partial charge is 0.466 e. The molecule has 116 valence electrons. The fourth-order valence-electron chi connectivity index (χ4n) is 2.85. The van der Waals surface area contributed by atoms with Crippen LogP contribution in [0.25, 0.3) is 0 Å². The number of esters is 1. The molecule has 3 rings (SSSR count). The highest BCUT2D eigenvalue weighted by Gasteiger charge is 2.35. The minimum absolute atomic E-state index is 0.0344. The molecule has 0 N–H and O–H groups in total. The number of ether oxygens (including phenoxy) is 3. The van der Waals surface area contributed by atoms with Crippen molar-refractivity contribution in [1.82, 2.24) is 4.90 Å². The van der Waals surface area contributed by atoms with Crippen molar-refractivity contribution < 1.29 is 23.8 Å². The Kier molecular flexibility index (Phi) is 3.52. The first kappa shape index (κ1) is 14.4. The van der Waals surface area contributed by atoms with Crippen LogP contribution in [0.4, 0.5) is 0 Å². The van der Waals surface area contributed by atoms with Crippen molar-refractivity contribution in [3.8, 4) is 11.5 Å². The molecule has 0 aromatic heterocycles. The van der Waals surface area contributed by atoms with E-state index < -0.39 is 5.97 Å². The quantitative estimate of drug-likeness (QED) is 0.780. The summed E-state index contributed by atoms with van der Waals surface area (Å²) in [6.07, 6.45) is 0.220. The number of hydrogen-bond acceptors (Lipinski definition) is 5. The Morgan fingerprint density at radius 1 is 1.32 bits per heavy atom. The van der Waals surface area contributed by atoms with Crippen LogP contribution in [0, 0.1) is 0 Å². The molecule has 2 aliphatic rings. The van der Waals surface area contributed by atoms with Gasteiger partial charge >= 0.3 is 5.97 Å². The molecule has 1 atom stereocenters. The van der Waals surface area contributed by atoms with Gasteiger partial charge in [-0.15, -0.1) is 0 Å². The second-order valence-corrected chi connectivity index (χ2v) is 5.31. The van der Waals surface area contributed by atoms with Crippen molar-refractivity contribution in [3.05, 3.63) is 35.0 Å². The molecule has 2 aliphatic heterocycles. The number of benzene rings is 1. The maximum absolute atomic E-state index is 12.2. The fraction of sp³-hybridized carbons (Fsp3) is 0.375. The van der Waals surface area contributed by atoms with E-state index in [0.717, 1.165) is 5.56 Å². The van der Waals surface area contributed by atoms with Crippen LogP contribution in [-0.2, 0) is 14.3 Å². The first-order valence-electron chi connectivity index (χ1n) is 6.98. The highest BCUT2D eigenvalue weighted by Crippen LogP contribution is 2.40. The summed E-state index contributed by atoms with van der Waals surface area (Å²) in [5.74, 6) is 0.507. The topological polar surface area (TPSA) is 65.1 Å². The van der Waals surface area contributed by atoms with E-state index in [2.05, 4.69) is 0 Å². The van der Waals surface area contributed by atoms with Gasteiger partial charge in [-0.25, -0.2) is 4.79 Å². The van der Waals surface area contributed by atoms with Crippen LogP contribution in [0.2, 0.25) is 0 Å². The lowest BCUT2D eigenvalue weighted by molar-refractivity contribution is -0.137. The molecule has 0 aliphatic carbocycles. The van der Waals surface area contributed by atoms with Gasteiger partial charge in [-0.2, -0.15) is 0 Å². The molecular weight excluding hydrogens is 286 g/mol. The van der Waals surface area contributed by atoms with E-state index in [9.17, 15) is 9.59 Å². The lowest BCUT2D eigenvalue weighted by atomic mass is 9.84. The van der Waals surface area contributed by atoms with Gasteiger partial charge in [0.25, 0.3) is 0 Å². The Morgan fingerprint density at radius 2 is 2.05 bits per heavy atom. The van der Waals surface area contributed by atoms with Gasteiger partial charge in [-0.05, 0) is 24.6 Å². The summed E-state index contributed by atoms with van der Waals surface area (Å²) in [7, 11) is 3.01. The number of carbonyl (C=O) groups excluding carboxylic acids is 2. The molecule has 0 radical (unpaired) electrons. The Hall–Kier alpha value is -2.50. The van der Waals surface area contributed by atoms with Crippen LogP contribution < -0.4 is 9.47 Å². The molecule has 0 bridgehead atoms. The van der Waals surface area contributed by atoms with E-state index in [1.165, 1.54) is 12.0 Å². The van der Waals surface area contributed by atoms with Crippen molar-refractivity contribution in [2.45, 2.75) is 19.3 Å². The highest BCUT2D eigenvalue weighted by atomic mass is 16.7. The zero-order valence-corrected chi connectivity index (χ0v) is 12.7. The predicted octanol–water partition coefficient (Wildman–Crippen LogP) is 1.81. The number of rotatable bonds is 2. The molecule has 1 amide bonds. The summed E-state index contributed by atoms with van der Waals surface area (Å²) in [4.78, 5) is 25.8. The lowest BCUT2D eigenvalue weighted by Gasteiger charge is -2.31. The summed E-state index contributed by atoms with van der Waals surface area (Å²) in [6.45, 7) is 1.94. The van der Waals surface area contributed by atoms with Crippen molar-refractivity contribution in [3.63, 3.8) is 0 Å². The second-order valence-electron chi connectivity index (χ2n) is 5.31. The third-order valence-electron chi connectivity index (χ3n) is 4.20. The van der Waals surface area contributed by atoms with Gasteiger partial charge in [0.1, 0.15) is 0 Å². The Balaban J connectivity index is 2.07. The standard InChI is InChI=1S/C16H17NO5/c1-9-15(16(19)20-3)11(7-14(18)17(9)2)10-4-5-12-13(6-10)22-8-21-12/h4-6,11H,7-8H2,1-3H3/t11-/m1/s1. The summed E-state index contributed by atoms with van der Waals surface area (Å²) in [6, 6.07) is 5.47. The van der Waals surface area contributed by atoms with Gasteiger partial charge in [0.2, 0.25) is 12.7 Å². The summed E-state index contributed by atoms with van der Waals surface area (Å²) < 4.78 is 15.6. The van der Waals surface area contributed by atoms with Crippen LogP contribution in [0.1, 0.15) is 24.8 Å². The molecule has 0 fully saturated rings. The number of fused-ring (bicyclic) bond motifs is 1. The number of methoxy groups -OCH3 is 1. The molecule has 2 heterocycles. The zero-order chi connectivity index (χ0) is 15.9. The highest BCUT2D eigenvalue weighted by molar-refractivity contribution is 5.95. The number of allylic oxidation sites excluding steroid dienone is 1. The third-order valence-corrected chi connectivity index (χ3v) is 4.20. The van der Waals surface area contributed by atoms with E-state index in [1.807, 2.05) is 12.1 Å². The maximum Gasteiger partial charge on any atom is 0.336 e. The average molecular weight is 303 g/mol. The molecule has 0 saturated heterocycles. The normalized spacial score (nSPS) is 20.4. The average Bonchev–Trinajstić information content (AvgIpc) is 2.99. The van der Waals surface area contributed by atoms with Crippen molar-refractivity contribution in [2.75, 3.05) is 21.0 Å². The van der Waals surface area contributed by atoms with E-state index in [4.69, 9.17) is 14.2 Å². The maximum atomic E-state index is 12.2. The monoisotopic (exact) mass is 303 g/mol. The van der Waals surface area contributed by atoms with Crippen LogP contribution in [0.15, 0.2) is 29.5 Å². The fourth-order valence-corrected chi connectivity index (χ4v) is 2.85. The molecular formula is C16H17NO5. The van der Waals surface area contributed by atoms with Crippen LogP contribution in [-0.4, -0.2) is 37.7 Å². The molecule has 6 heteroatoms.